The summed E-state index contributed by atoms with van der Waals surface area (Å²) < 4.78 is 5.84. The maximum atomic E-state index is 11.6. The first-order valence-corrected chi connectivity index (χ1v) is 7.51. The van der Waals surface area contributed by atoms with Gasteiger partial charge in [0.1, 0.15) is 12.4 Å². The molecule has 2 aromatic carbocycles. The number of Topliss-reactive ketones (excluding diaryl/α,β-unsaturated/α-hetero) is 1. The summed E-state index contributed by atoms with van der Waals surface area (Å²) in [7, 11) is 0. The first-order chi connectivity index (χ1) is 10.1. The Bertz CT molecular complexity index is 654. The third kappa shape index (κ3) is 2.99. The number of benzene rings is 2. The number of ether oxygens (including phenoxy) is 1. The molecule has 0 aromatic heterocycles. The van der Waals surface area contributed by atoms with E-state index in [1.165, 1.54) is 5.56 Å². The van der Waals surface area contributed by atoms with Crippen LogP contribution in [0.3, 0.4) is 0 Å². The van der Waals surface area contributed by atoms with Crippen molar-refractivity contribution >= 4 is 5.78 Å². The lowest BCUT2D eigenvalue weighted by Crippen LogP contribution is -1.97. The van der Waals surface area contributed by atoms with Crippen LogP contribution in [0.4, 0.5) is 0 Å². The van der Waals surface area contributed by atoms with E-state index in [0.717, 1.165) is 28.9 Å². The molecule has 0 fully saturated rings. The van der Waals surface area contributed by atoms with Crippen LogP contribution in [0.15, 0.2) is 42.5 Å². The highest BCUT2D eigenvalue weighted by Crippen LogP contribution is 2.26. The molecule has 0 bridgehead atoms. The van der Waals surface area contributed by atoms with Gasteiger partial charge < -0.3 is 4.74 Å². The molecule has 1 aliphatic rings. The summed E-state index contributed by atoms with van der Waals surface area (Å²) in [6.45, 7) is 4.94. The molecule has 0 saturated heterocycles. The van der Waals surface area contributed by atoms with E-state index < -0.39 is 0 Å². The molecule has 108 valence electrons. The summed E-state index contributed by atoms with van der Waals surface area (Å²) in [5, 5.41) is 0. The standard InChI is InChI=1S/C19H20O2/c1-13(2)15-5-3-14(4-6-15)12-21-17-8-9-18-16(11-17)7-10-19(18)20/h3-6,8-9,11,13H,7,10,12H2,1-2H3. The van der Waals surface area contributed by atoms with Crippen molar-refractivity contribution < 1.29 is 9.53 Å². The molecule has 3 rings (SSSR count). The van der Waals surface area contributed by atoms with Gasteiger partial charge in [0.05, 0.1) is 0 Å². The quantitative estimate of drug-likeness (QED) is 0.823. The maximum absolute atomic E-state index is 11.6. The molecule has 0 N–H and O–H groups in total. The van der Waals surface area contributed by atoms with Crippen LogP contribution in [-0.4, -0.2) is 5.78 Å². The monoisotopic (exact) mass is 280 g/mol. The summed E-state index contributed by atoms with van der Waals surface area (Å²) in [4.78, 5) is 11.6. The molecule has 0 heterocycles. The highest BCUT2D eigenvalue weighted by molar-refractivity contribution is 6.00. The second-order valence-corrected chi connectivity index (χ2v) is 5.93. The smallest absolute Gasteiger partial charge is 0.163 e. The summed E-state index contributed by atoms with van der Waals surface area (Å²) in [5.74, 6) is 1.64. The minimum absolute atomic E-state index is 0.251. The first kappa shape index (κ1) is 13.9. The lowest BCUT2D eigenvalue weighted by atomic mass is 10.0. The van der Waals surface area contributed by atoms with Gasteiger partial charge in [0, 0.05) is 12.0 Å². The van der Waals surface area contributed by atoms with Crippen molar-refractivity contribution in [3.05, 3.63) is 64.7 Å². The van der Waals surface area contributed by atoms with Crippen molar-refractivity contribution in [1.29, 1.82) is 0 Å². The number of rotatable bonds is 4. The minimum atomic E-state index is 0.251. The summed E-state index contributed by atoms with van der Waals surface area (Å²) >= 11 is 0. The van der Waals surface area contributed by atoms with E-state index in [0.29, 0.717) is 18.9 Å². The topological polar surface area (TPSA) is 26.3 Å². The average molecular weight is 280 g/mol. The molecular formula is C19H20O2. The Labute approximate surface area is 125 Å². The zero-order valence-electron chi connectivity index (χ0n) is 12.6. The van der Waals surface area contributed by atoms with Gasteiger partial charge in [-0.15, -0.1) is 0 Å². The molecule has 1 aliphatic carbocycles. The normalized spacial score (nSPS) is 13.6. The Balaban J connectivity index is 1.66. The van der Waals surface area contributed by atoms with E-state index in [2.05, 4.69) is 38.1 Å². The summed E-state index contributed by atoms with van der Waals surface area (Å²) in [6.07, 6.45) is 1.48. The molecule has 2 aromatic rings. The molecule has 2 nitrogen and oxygen atoms in total. The lowest BCUT2D eigenvalue weighted by molar-refractivity contribution is 0.0994. The fraction of sp³-hybridized carbons (Fsp3) is 0.316. The van der Waals surface area contributed by atoms with Gasteiger partial charge in [0.25, 0.3) is 0 Å². The van der Waals surface area contributed by atoms with E-state index in [1.54, 1.807) is 0 Å². The number of hydrogen-bond donors (Lipinski definition) is 0. The van der Waals surface area contributed by atoms with Crippen molar-refractivity contribution in [2.45, 2.75) is 39.2 Å². The Hall–Kier alpha value is -2.09. The van der Waals surface area contributed by atoms with Gasteiger partial charge in [-0.3, -0.25) is 4.79 Å². The average Bonchev–Trinajstić information content (AvgIpc) is 2.86. The van der Waals surface area contributed by atoms with E-state index in [1.807, 2.05) is 18.2 Å². The molecule has 0 atom stereocenters. The van der Waals surface area contributed by atoms with Crippen molar-refractivity contribution in [1.82, 2.24) is 0 Å². The van der Waals surface area contributed by atoms with Crippen LogP contribution < -0.4 is 4.74 Å². The van der Waals surface area contributed by atoms with E-state index in [4.69, 9.17) is 4.74 Å². The number of aryl methyl sites for hydroxylation is 1. The molecule has 2 heteroatoms. The van der Waals surface area contributed by atoms with Crippen molar-refractivity contribution in [3.8, 4) is 5.75 Å². The fourth-order valence-electron chi connectivity index (χ4n) is 2.69. The van der Waals surface area contributed by atoms with Gasteiger partial charge >= 0.3 is 0 Å². The molecule has 0 saturated carbocycles. The minimum Gasteiger partial charge on any atom is -0.489 e. The number of fused-ring (bicyclic) bond motifs is 1. The third-order valence-corrected chi connectivity index (χ3v) is 4.05. The van der Waals surface area contributed by atoms with Crippen LogP contribution in [-0.2, 0) is 13.0 Å². The van der Waals surface area contributed by atoms with Crippen LogP contribution in [0, 0.1) is 0 Å². The third-order valence-electron chi connectivity index (χ3n) is 4.05. The van der Waals surface area contributed by atoms with Crippen molar-refractivity contribution in [3.63, 3.8) is 0 Å². The predicted octanol–water partition coefficient (Wildman–Crippen LogP) is 4.52. The van der Waals surface area contributed by atoms with Crippen LogP contribution >= 0.6 is 0 Å². The van der Waals surface area contributed by atoms with Gasteiger partial charge in [-0.05, 0) is 47.2 Å². The lowest BCUT2D eigenvalue weighted by Gasteiger charge is -2.09. The van der Waals surface area contributed by atoms with E-state index in [-0.39, 0.29) is 5.78 Å². The number of carbonyl (C=O) groups excluding carboxylic acids is 1. The fourth-order valence-corrected chi connectivity index (χ4v) is 2.69. The highest BCUT2D eigenvalue weighted by Gasteiger charge is 2.19. The maximum Gasteiger partial charge on any atom is 0.163 e. The molecular weight excluding hydrogens is 260 g/mol. The molecule has 0 unspecified atom stereocenters. The first-order valence-electron chi connectivity index (χ1n) is 7.51. The number of ketones is 1. The van der Waals surface area contributed by atoms with E-state index >= 15 is 0 Å². The Morgan fingerprint density at radius 1 is 1.05 bits per heavy atom. The zero-order chi connectivity index (χ0) is 14.8. The second-order valence-electron chi connectivity index (χ2n) is 5.93. The highest BCUT2D eigenvalue weighted by atomic mass is 16.5. The van der Waals surface area contributed by atoms with E-state index in [9.17, 15) is 4.79 Å². The van der Waals surface area contributed by atoms with Crippen LogP contribution in [0.5, 0.6) is 5.75 Å². The summed E-state index contributed by atoms with van der Waals surface area (Å²) in [5.41, 5.74) is 4.49. The predicted molar refractivity (Wildman–Crippen MR) is 84.0 cm³/mol. The Morgan fingerprint density at radius 2 is 1.81 bits per heavy atom. The number of hydrogen-bond acceptors (Lipinski definition) is 2. The SMILES string of the molecule is CC(C)c1ccc(COc2ccc3c(c2)CCC3=O)cc1. The van der Waals surface area contributed by atoms with Gasteiger partial charge in [0.15, 0.2) is 5.78 Å². The van der Waals surface area contributed by atoms with Crippen LogP contribution in [0.1, 0.15) is 53.2 Å². The van der Waals surface area contributed by atoms with Gasteiger partial charge in [0.2, 0.25) is 0 Å². The molecule has 0 aliphatic heterocycles. The molecule has 21 heavy (non-hydrogen) atoms. The van der Waals surface area contributed by atoms with Crippen molar-refractivity contribution in [2.75, 3.05) is 0 Å². The van der Waals surface area contributed by atoms with Crippen LogP contribution in [0.2, 0.25) is 0 Å². The molecule has 0 spiro atoms. The van der Waals surface area contributed by atoms with Crippen molar-refractivity contribution in [2.24, 2.45) is 0 Å². The zero-order valence-corrected chi connectivity index (χ0v) is 12.6. The molecule has 0 radical (unpaired) electrons. The second kappa shape index (κ2) is 5.72. The summed E-state index contributed by atoms with van der Waals surface area (Å²) in [6, 6.07) is 14.3. The molecule has 0 amide bonds. The van der Waals surface area contributed by atoms with Gasteiger partial charge in [-0.2, -0.15) is 0 Å². The largest absolute Gasteiger partial charge is 0.489 e. The Kier molecular flexibility index (Phi) is 3.78. The van der Waals surface area contributed by atoms with Gasteiger partial charge in [-0.25, -0.2) is 0 Å². The van der Waals surface area contributed by atoms with Gasteiger partial charge in [-0.1, -0.05) is 38.1 Å². The van der Waals surface area contributed by atoms with Crippen LogP contribution in [0.25, 0.3) is 0 Å². The Morgan fingerprint density at radius 3 is 2.52 bits per heavy atom. The number of carbonyl (C=O) groups is 1.